The van der Waals surface area contributed by atoms with Crippen LogP contribution in [0.15, 0.2) is 29.6 Å². The number of anilines is 1. The van der Waals surface area contributed by atoms with Gasteiger partial charge in [-0.25, -0.2) is 9.67 Å². The summed E-state index contributed by atoms with van der Waals surface area (Å²) in [6, 6.07) is 3.59. The molecule has 0 aromatic carbocycles. The van der Waals surface area contributed by atoms with Crippen molar-refractivity contribution < 1.29 is 32.2 Å². The van der Waals surface area contributed by atoms with Gasteiger partial charge in [0.15, 0.2) is 5.65 Å². The van der Waals surface area contributed by atoms with Crippen molar-refractivity contribution in [3.8, 4) is 17.7 Å². The van der Waals surface area contributed by atoms with Crippen molar-refractivity contribution in [1.29, 1.82) is 0 Å². The van der Waals surface area contributed by atoms with E-state index in [4.69, 9.17) is 14.2 Å². The summed E-state index contributed by atoms with van der Waals surface area (Å²) in [7, 11) is 3.52. The summed E-state index contributed by atoms with van der Waals surface area (Å²) in [5.74, 6) is 5.52. The number of amides is 1. The minimum absolute atomic E-state index is 0.0251. The molecule has 4 bridgehead atoms. The number of imidazole rings is 1. The minimum Gasteiger partial charge on any atom is -0.481 e. The van der Waals surface area contributed by atoms with Gasteiger partial charge in [0, 0.05) is 37.2 Å². The first-order valence-corrected chi connectivity index (χ1v) is 14.8. The number of carbonyl (C=O) groups excluding carboxylic acids is 1. The van der Waals surface area contributed by atoms with Crippen LogP contribution in [0.3, 0.4) is 0 Å². The van der Waals surface area contributed by atoms with Gasteiger partial charge in [-0.05, 0) is 50.4 Å². The Morgan fingerprint density at radius 3 is 2.77 bits per heavy atom. The monoisotopic (exact) mass is 621 g/mol. The number of ether oxygens (including phenoxy) is 3. The van der Waals surface area contributed by atoms with Crippen LogP contribution >= 0.6 is 11.8 Å². The van der Waals surface area contributed by atoms with E-state index in [1.165, 1.54) is 22.4 Å². The Morgan fingerprint density at radius 1 is 1.16 bits per heavy atom. The van der Waals surface area contributed by atoms with Gasteiger partial charge >= 0.3 is 5.51 Å². The largest absolute Gasteiger partial charge is 0.481 e. The number of likely N-dealkylation sites (tertiary alicyclic amines) is 1. The average Bonchev–Trinajstić information content (AvgIpc) is 3.54. The molecule has 0 unspecified atom stereocenters. The number of thioether (sulfide) groups is 1. The van der Waals surface area contributed by atoms with Gasteiger partial charge in [0.1, 0.15) is 16.3 Å². The molecular weight excluding hydrogens is 587 g/mol. The van der Waals surface area contributed by atoms with Crippen molar-refractivity contribution in [2.45, 2.75) is 36.0 Å². The molecule has 232 valence electrons. The Hall–Kier alpha value is -3.45. The zero-order valence-corrected chi connectivity index (χ0v) is 24.8. The van der Waals surface area contributed by atoms with Gasteiger partial charge in [-0.3, -0.25) is 9.20 Å². The van der Waals surface area contributed by atoms with E-state index < -0.39 is 11.4 Å². The van der Waals surface area contributed by atoms with E-state index in [2.05, 4.69) is 44.5 Å². The molecule has 2 aliphatic heterocycles. The van der Waals surface area contributed by atoms with Crippen LogP contribution in [0.5, 0.6) is 5.88 Å². The highest BCUT2D eigenvalue weighted by Crippen LogP contribution is 2.39. The maximum absolute atomic E-state index is 13.6. The van der Waals surface area contributed by atoms with Gasteiger partial charge in [0.2, 0.25) is 5.88 Å². The van der Waals surface area contributed by atoms with Crippen molar-refractivity contribution in [3.63, 3.8) is 0 Å². The first-order valence-electron chi connectivity index (χ1n) is 14.0. The summed E-state index contributed by atoms with van der Waals surface area (Å²) in [6.07, 6.45) is 4.60. The summed E-state index contributed by atoms with van der Waals surface area (Å²) < 4.78 is 60.7. The third-order valence-corrected chi connectivity index (χ3v) is 8.14. The smallest absolute Gasteiger partial charge is 0.447 e. The Bertz CT molecular complexity index is 1480. The molecule has 3 aromatic heterocycles. The van der Waals surface area contributed by atoms with Gasteiger partial charge < -0.3 is 29.7 Å². The molecule has 2 atom stereocenters. The summed E-state index contributed by atoms with van der Waals surface area (Å²) >= 11 is -0.266. The van der Waals surface area contributed by atoms with Crippen LogP contribution in [0.1, 0.15) is 28.9 Å². The molecule has 15 heteroatoms. The molecular formula is C28H34F3N7O4S. The normalized spacial score (nSPS) is 21.4. The Labute approximate surface area is 251 Å². The van der Waals surface area contributed by atoms with Gasteiger partial charge in [-0.2, -0.15) is 18.3 Å². The number of pyridine rings is 1. The van der Waals surface area contributed by atoms with Gasteiger partial charge in [-0.15, -0.1) is 0 Å². The number of nitrogens with one attached hydrogen (secondary N) is 2. The van der Waals surface area contributed by atoms with Gasteiger partial charge in [0.05, 0.1) is 51.9 Å². The molecule has 2 N–H and O–H groups in total. The number of aromatic nitrogens is 4. The molecule has 5 heterocycles. The SMILES string of the molecule is COc1c2cnn1CCOCCOCC[C@H]1CN(C)CC[C@@H]1Nc1cccn3c(SC(F)(F)F)c(nc13)C#CCNC2=O. The number of halogens is 3. The van der Waals surface area contributed by atoms with Crippen LogP contribution in [0, 0.1) is 17.8 Å². The van der Waals surface area contributed by atoms with E-state index >= 15 is 0 Å². The van der Waals surface area contributed by atoms with Crippen molar-refractivity contribution in [3.05, 3.63) is 35.8 Å². The van der Waals surface area contributed by atoms with Gasteiger partial charge in [-0.1, -0.05) is 5.92 Å². The second-order valence-electron chi connectivity index (χ2n) is 10.3. The highest BCUT2D eigenvalue weighted by Gasteiger charge is 2.34. The fourth-order valence-electron chi connectivity index (χ4n) is 5.30. The van der Waals surface area contributed by atoms with Crippen molar-refractivity contribution in [2.75, 3.05) is 65.5 Å². The number of methoxy groups -OCH3 is 1. The first kappa shape index (κ1) is 31.0. The third-order valence-electron chi connectivity index (χ3n) is 7.32. The van der Waals surface area contributed by atoms with Crippen molar-refractivity contribution >= 4 is 29.0 Å². The van der Waals surface area contributed by atoms with Crippen LogP contribution in [-0.2, 0) is 16.0 Å². The van der Waals surface area contributed by atoms with Crippen LogP contribution < -0.4 is 15.4 Å². The molecule has 1 fully saturated rings. The maximum atomic E-state index is 13.6. The van der Waals surface area contributed by atoms with Crippen LogP contribution in [0.2, 0.25) is 0 Å². The van der Waals surface area contributed by atoms with E-state index in [1.807, 2.05) is 6.07 Å². The molecule has 2 aliphatic rings. The van der Waals surface area contributed by atoms with E-state index in [0.717, 1.165) is 25.9 Å². The number of rotatable bonds is 2. The van der Waals surface area contributed by atoms with Crippen molar-refractivity contribution in [2.24, 2.45) is 5.92 Å². The standard InChI is InChI=1S/C28H34F3N7O4S/c1-36-11-7-21-19(18-36)8-13-41-15-16-42-14-12-38-26(40-2)20(17-33-38)25(39)32-9-3-5-23-27(43-28(29,30)31)37-10-4-6-22(34-21)24(37)35-23/h4,6,10,17,19,21,34H,7-9,11-16,18H2,1-2H3,(H,32,39)/t19-,21-/m0/s1. The van der Waals surface area contributed by atoms with E-state index in [9.17, 15) is 18.0 Å². The maximum Gasteiger partial charge on any atom is 0.447 e. The molecule has 5 rings (SSSR count). The summed E-state index contributed by atoms with van der Waals surface area (Å²) in [5.41, 5.74) is -3.39. The fraction of sp³-hybridized carbons (Fsp3) is 0.536. The number of alkyl halides is 3. The predicted molar refractivity (Wildman–Crippen MR) is 154 cm³/mol. The predicted octanol–water partition coefficient (Wildman–Crippen LogP) is 3.10. The lowest BCUT2D eigenvalue weighted by Crippen LogP contribution is -2.45. The number of fused-ring (bicyclic) bond motifs is 4. The molecule has 43 heavy (non-hydrogen) atoms. The van der Waals surface area contributed by atoms with Crippen molar-refractivity contribution in [1.82, 2.24) is 29.4 Å². The molecule has 3 aromatic rings. The Kier molecular flexibility index (Phi) is 10.0. The number of carbonyl (C=O) groups is 1. The summed E-state index contributed by atoms with van der Waals surface area (Å²) in [5, 5.41) is 10.3. The number of piperidine rings is 1. The highest BCUT2D eigenvalue weighted by molar-refractivity contribution is 8.00. The van der Waals surface area contributed by atoms with E-state index in [1.54, 1.807) is 12.3 Å². The molecule has 11 nitrogen and oxygen atoms in total. The second-order valence-corrected chi connectivity index (χ2v) is 11.3. The molecule has 0 spiro atoms. The minimum atomic E-state index is -4.55. The van der Waals surface area contributed by atoms with Crippen LogP contribution in [0.4, 0.5) is 18.9 Å². The second kappa shape index (κ2) is 13.9. The topological polar surface area (TPSA) is 107 Å². The molecule has 0 saturated carbocycles. The van der Waals surface area contributed by atoms with Gasteiger partial charge in [0.25, 0.3) is 5.91 Å². The lowest BCUT2D eigenvalue weighted by molar-refractivity contribution is -0.0330. The van der Waals surface area contributed by atoms with Crippen LogP contribution in [-0.4, -0.2) is 102 Å². The lowest BCUT2D eigenvalue weighted by Gasteiger charge is -2.37. The summed E-state index contributed by atoms with van der Waals surface area (Å²) in [4.78, 5) is 19.6. The average molecular weight is 622 g/mol. The number of nitrogens with zero attached hydrogens (tertiary/aromatic N) is 5. The lowest BCUT2D eigenvalue weighted by atomic mass is 9.89. The van der Waals surface area contributed by atoms with Crippen LogP contribution in [0.25, 0.3) is 5.65 Å². The number of hydrogen-bond acceptors (Lipinski definition) is 9. The zero-order chi connectivity index (χ0) is 30.4. The zero-order valence-electron chi connectivity index (χ0n) is 23.9. The quantitative estimate of drug-likeness (QED) is 0.330. The summed E-state index contributed by atoms with van der Waals surface area (Å²) in [6.45, 7) is 3.73. The fourth-order valence-corrected chi connectivity index (χ4v) is 5.96. The highest BCUT2D eigenvalue weighted by atomic mass is 32.2. The van der Waals surface area contributed by atoms with E-state index in [-0.39, 0.29) is 52.4 Å². The molecule has 1 amide bonds. The molecule has 0 aliphatic carbocycles. The Morgan fingerprint density at radius 2 is 1.98 bits per heavy atom. The Balaban J connectivity index is 1.46. The third kappa shape index (κ3) is 7.74. The molecule has 1 saturated heterocycles. The number of hydrogen-bond donors (Lipinski definition) is 2. The van der Waals surface area contributed by atoms with E-state index in [0.29, 0.717) is 44.3 Å². The first-order chi connectivity index (χ1) is 20.7. The molecule has 0 radical (unpaired) electrons.